The molecule has 0 unspecified atom stereocenters. The van der Waals surface area contributed by atoms with Gasteiger partial charge in [-0.1, -0.05) is 24.3 Å². The molecule has 5 heteroatoms. The zero-order valence-electron chi connectivity index (χ0n) is 14.4. The van der Waals surface area contributed by atoms with E-state index in [0.717, 1.165) is 17.1 Å². The summed E-state index contributed by atoms with van der Waals surface area (Å²) in [7, 11) is 1.93. The standard InChI is InChI=1S/C21H18N2O3/c1-23-11-10-22-20(23)14-25-17-8-6-15(7-9-17)12-16-13-26-19-5-3-2-4-18(19)21(16)24/h2-12H,13-14H2,1H3. The SMILES string of the molecule is Cn1ccnc1COc1ccc(C=C2COc3ccccc3C2=O)cc1. The lowest BCUT2D eigenvalue weighted by atomic mass is 9.98. The maximum Gasteiger partial charge on any atom is 0.196 e. The van der Waals surface area contributed by atoms with E-state index < -0.39 is 0 Å². The highest BCUT2D eigenvalue weighted by molar-refractivity contribution is 6.14. The zero-order chi connectivity index (χ0) is 17.9. The third-order valence-electron chi connectivity index (χ3n) is 4.32. The number of imidazole rings is 1. The first-order valence-corrected chi connectivity index (χ1v) is 8.37. The van der Waals surface area contributed by atoms with E-state index in [1.165, 1.54) is 0 Å². The number of Topliss-reactive ketones (excluding diaryl/α,β-unsaturated/α-hetero) is 1. The summed E-state index contributed by atoms with van der Waals surface area (Å²) in [4.78, 5) is 16.8. The van der Waals surface area contributed by atoms with Gasteiger partial charge in [0.25, 0.3) is 0 Å². The molecule has 0 saturated heterocycles. The molecule has 2 aromatic carbocycles. The van der Waals surface area contributed by atoms with Gasteiger partial charge < -0.3 is 14.0 Å². The second-order valence-corrected chi connectivity index (χ2v) is 6.10. The van der Waals surface area contributed by atoms with Crippen LogP contribution in [0.5, 0.6) is 11.5 Å². The fraction of sp³-hybridized carbons (Fsp3) is 0.143. The fourth-order valence-corrected chi connectivity index (χ4v) is 2.83. The summed E-state index contributed by atoms with van der Waals surface area (Å²) in [6.45, 7) is 0.695. The third kappa shape index (κ3) is 3.24. The molecule has 0 fully saturated rings. The van der Waals surface area contributed by atoms with E-state index in [4.69, 9.17) is 9.47 Å². The van der Waals surface area contributed by atoms with Crippen LogP contribution < -0.4 is 9.47 Å². The summed E-state index contributed by atoms with van der Waals surface area (Å²) in [6, 6.07) is 14.9. The van der Waals surface area contributed by atoms with Crippen LogP contribution in [-0.4, -0.2) is 21.9 Å². The van der Waals surface area contributed by atoms with Gasteiger partial charge >= 0.3 is 0 Å². The molecule has 130 valence electrons. The van der Waals surface area contributed by atoms with Gasteiger partial charge in [0.1, 0.15) is 30.5 Å². The molecule has 0 bridgehead atoms. The van der Waals surface area contributed by atoms with Crippen molar-refractivity contribution in [2.45, 2.75) is 6.61 Å². The van der Waals surface area contributed by atoms with Crippen LogP contribution in [0.25, 0.3) is 6.08 Å². The quantitative estimate of drug-likeness (QED) is 0.677. The first kappa shape index (κ1) is 16.1. The summed E-state index contributed by atoms with van der Waals surface area (Å²) in [5.41, 5.74) is 2.19. The Morgan fingerprint density at radius 2 is 2.00 bits per heavy atom. The van der Waals surface area contributed by atoms with E-state index in [1.807, 2.05) is 66.4 Å². The Kier molecular flexibility index (Phi) is 4.27. The maximum atomic E-state index is 12.6. The molecule has 0 atom stereocenters. The van der Waals surface area contributed by atoms with Gasteiger partial charge in [-0.3, -0.25) is 4.79 Å². The van der Waals surface area contributed by atoms with Gasteiger partial charge in [-0.25, -0.2) is 4.98 Å². The summed E-state index contributed by atoms with van der Waals surface area (Å²) in [5, 5.41) is 0. The van der Waals surface area contributed by atoms with E-state index in [0.29, 0.717) is 23.5 Å². The number of aromatic nitrogens is 2. The highest BCUT2D eigenvalue weighted by atomic mass is 16.5. The van der Waals surface area contributed by atoms with Gasteiger partial charge in [0.05, 0.1) is 5.56 Å². The van der Waals surface area contributed by atoms with Gasteiger partial charge in [-0.15, -0.1) is 0 Å². The normalized spacial score (nSPS) is 14.8. The first-order chi connectivity index (χ1) is 12.7. The minimum absolute atomic E-state index is 0.0157. The summed E-state index contributed by atoms with van der Waals surface area (Å²) in [6.07, 6.45) is 5.49. The maximum absolute atomic E-state index is 12.6. The number of rotatable bonds is 4. The number of hydrogen-bond donors (Lipinski definition) is 0. The third-order valence-corrected chi connectivity index (χ3v) is 4.32. The van der Waals surface area contributed by atoms with Crippen molar-refractivity contribution in [3.8, 4) is 11.5 Å². The van der Waals surface area contributed by atoms with Crippen LogP contribution in [0.2, 0.25) is 0 Å². The molecule has 0 aliphatic carbocycles. The van der Waals surface area contributed by atoms with Crippen molar-refractivity contribution in [1.82, 2.24) is 9.55 Å². The van der Waals surface area contributed by atoms with Crippen LogP contribution in [0, 0.1) is 0 Å². The van der Waals surface area contributed by atoms with Crippen molar-refractivity contribution >= 4 is 11.9 Å². The Morgan fingerprint density at radius 1 is 1.19 bits per heavy atom. The number of nitrogens with zero attached hydrogens (tertiary/aromatic N) is 2. The number of para-hydroxylation sites is 1. The molecular weight excluding hydrogens is 328 g/mol. The van der Waals surface area contributed by atoms with Crippen molar-refractivity contribution in [2.75, 3.05) is 6.61 Å². The molecule has 1 aliphatic heterocycles. The lowest BCUT2D eigenvalue weighted by Gasteiger charge is -2.18. The second kappa shape index (κ2) is 6.88. The van der Waals surface area contributed by atoms with Crippen LogP contribution in [0.1, 0.15) is 21.7 Å². The molecule has 1 aromatic heterocycles. The monoisotopic (exact) mass is 346 g/mol. The number of fused-ring (bicyclic) bond motifs is 1. The van der Waals surface area contributed by atoms with E-state index in [1.54, 1.807) is 12.3 Å². The Labute approximate surface area is 151 Å². The molecular formula is C21H18N2O3. The Balaban J connectivity index is 1.47. The number of benzene rings is 2. The molecule has 26 heavy (non-hydrogen) atoms. The van der Waals surface area contributed by atoms with E-state index in [-0.39, 0.29) is 12.4 Å². The molecule has 0 saturated carbocycles. The van der Waals surface area contributed by atoms with Gasteiger partial charge in [0.15, 0.2) is 5.78 Å². The number of aryl methyl sites for hydroxylation is 1. The molecule has 2 heterocycles. The molecule has 1 aliphatic rings. The predicted octanol–water partition coefficient (Wildman–Crippen LogP) is 3.66. The average Bonchev–Trinajstić information content (AvgIpc) is 3.08. The molecule has 0 N–H and O–H groups in total. The number of carbonyl (C=O) groups excluding carboxylic acids is 1. The summed E-state index contributed by atoms with van der Waals surface area (Å²) >= 11 is 0. The molecule has 0 amide bonds. The van der Waals surface area contributed by atoms with Gasteiger partial charge in [0, 0.05) is 25.0 Å². The fourth-order valence-electron chi connectivity index (χ4n) is 2.83. The average molecular weight is 346 g/mol. The Hall–Kier alpha value is -3.34. The lowest BCUT2D eigenvalue weighted by molar-refractivity contribution is 0.100. The molecule has 0 spiro atoms. The molecule has 0 radical (unpaired) electrons. The minimum atomic E-state index is 0.0157. The van der Waals surface area contributed by atoms with Gasteiger partial charge in [-0.2, -0.15) is 0 Å². The Bertz CT molecular complexity index is 971. The van der Waals surface area contributed by atoms with Crippen molar-refractivity contribution in [3.05, 3.63) is 83.4 Å². The second-order valence-electron chi connectivity index (χ2n) is 6.10. The molecule has 3 aromatic rings. The largest absolute Gasteiger partial charge is 0.488 e. The number of ether oxygens (including phenoxy) is 2. The van der Waals surface area contributed by atoms with E-state index in [9.17, 15) is 4.79 Å². The molecule has 4 rings (SSSR count). The minimum Gasteiger partial charge on any atom is -0.488 e. The highest BCUT2D eigenvalue weighted by Gasteiger charge is 2.22. The number of carbonyl (C=O) groups is 1. The van der Waals surface area contributed by atoms with Crippen LogP contribution in [0.4, 0.5) is 0 Å². The number of hydrogen-bond acceptors (Lipinski definition) is 4. The highest BCUT2D eigenvalue weighted by Crippen LogP contribution is 2.27. The van der Waals surface area contributed by atoms with E-state index >= 15 is 0 Å². The topological polar surface area (TPSA) is 53.4 Å². The van der Waals surface area contributed by atoms with Gasteiger partial charge in [0.2, 0.25) is 0 Å². The van der Waals surface area contributed by atoms with E-state index in [2.05, 4.69) is 4.98 Å². The zero-order valence-corrected chi connectivity index (χ0v) is 14.4. The predicted molar refractivity (Wildman–Crippen MR) is 98.2 cm³/mol. The smallest absolute Gasteiger partial charge is 0.196 e. The first-order valence-electron chi connectivity index (χ1n) is 8.37. The van der Waals surface area contributed by atoms with Crippen LogP contribution in [-0.2, 0) is 13.7 Å². The number of ketones is 1. The van der Waals surface area contributed by atoms with Crippen molar-refractivity contribution in [3.63, 3.8) is 0 Å². The van der Waals surface area contributed by atoms with Crippen molar-refractivity contribution < 1.29 is 14.3 Å². The van der Waals surface area contributed by atoms with Crippen LogP contribution in [0.15, 0.2) is 66.5 Å². The van der Waals surface area contributed by atoms with Crippen LogP contribution >= 0.6 is 0 Å². The van der Waals surface area contributed by atoms with Gasteiger partial charge in [-0.05, 0) is 35.9 Å². The summed E-state index contributed by atoms with van der Waals surface area (Å²) < 4.78 is 13.3. The molecule has 5 nitrogen and oxygen atoms in total. The Morgan fingerprint density at radius 3 is 2.77 bits per heavy atom. The lowest BCUT2D eigenvalue weighted by Crippen LogP contribution is -2.18. The van der Waals surface area contributed by atoms with Crippen LogP contribution in [0.3, 0.4) is 0 Å². The van der Waals surface area contributed by atoms with Crippen molar-refractivity contribution in [2.24, 2.45) is 7.05 Å². The van der Waals surface area contributed by atoms with Crippen molar-refractivity contribution in [1.29, 1.82) is 0 Å². The summed E-state index contributed by atoms with van der Waals surface area (Å²) in [5.74, 6) is 2.28.